The number of nitrogens with one attached hydrogen (secondary N) is 3. The molecule has 1 fully saturated rings. The van der Waals surface area contributed by atoms with Gasteiger partial charge >= 0.3 is 6.03 Å². The molecule has 3 N–H and O–H groups in total. The number of furan rings is 1. The first-order valence-corrected chi connectivity index (χ1v) is 7.80. The normalized spacial score (nSPS) is 13.5. The number of hydrogen-bond donors (Lipinski definition) is 3. The van der Waals surface area contributed by atoms with Crippen molar-refractivity contribution in [3.05, 3.63) is 54.0 Å². The Hall–Kier alpha value is -3.62. The van der Waals surface area contributed by atoms with Crippen molar-refractivity contribution < 1.29 is 23.6 Å². The summed E-state index contributed by atoms with van der Waals surface area (Å²) in [5.74, 6) is -1.12. The number of carbonyl (C=O) groups is 4. The molecule has 2 heterocycles. The molecule has 0 aliphatic carbocycles. The second-order valence-corrected chi connectivity index (χ2v) is 5.58. The number of carbonyl (C=O) groups excluding carboxylic acids is 4. The van der Waals surface area contributed by atoms with Gasteiger partial charge in [0.1, 0.15) is 6.26 Å². The fraction of sp³-hybridized carbons (Fsp3) is 0.176. The summed E-state index contributed by atoms with van der Waals surface area (Å²) in [5.41, 5.74) is 1.51. The Morgan fingerprint density at radius 3 is 2.77 bits per heavy atom. The van der Waals surface area contributed by atoms with Crippen molar-refractivity contribution in [2.75, 3.05) is 18.4 Å². The molecule has 9 heteroatoms. The van der Waals surface area contributed by atoms with Crippen LogP contribution in [0.3, 0.4) is 0 Å². The highest BCUT2D eigenvalue weighted by Gasteiger charge is 2.28. The van der Waals surface area contributed by atoms with Crippen molar-refractivity contribution in [2.45, 2.75) is 6.54 Å². The highest BCUT2D eigenvalue weighted by molar-refractivity contribution is 6.02. The van der Waals surface area contributed by atoms with Gasteiger partial charge in [-0.05, 0) is 23.8 Å². The summed E-state index contributed by atoms with van der Waals surface area (Å²) in [6, 6.07) is 7.83. The highest BCUT2D eigenvalue weighted by Crippen LogP contribution is 2.14. The molecule has 9 nitrogen and oxygen atoms in total. The van der Waals surface area contributed by atoms with E-state index in [0.717, 1.165) is 4.90 Å². The van der Waals surface area contributed by atoms with Crippen LogP contribution in [0.1, 0.15) is 15.9 Å². The maximum absolute atomic E-state index is 12.0. The van der Waals surface area contributed by atoms with Crippen molar-refractivity contribution in [1.29, 1.82) is 0 Å². The van der Waals surface area contributed by atoms with Crippen LogP contribution < -0.4 is 16.0 Å². The summed E-state index contributed by atoms with van der Waals surface area (Å²) >= 11 is 0. The quantitative estimate of drug-likeness (QED) is 0.658. The Labute approximate surface area is 148 Å². The molecule has 26 heavy (non-hydrogen) atoms. The molecule has 0 atom stereocenters. The molecule has 0 radical (unpaired) electrons. The van der Waals surface area contributed by atoms with Gasteiger partial charge in [0.05, 0.1) is 31.5 Å². The lowest BCUT2D eigenvalue weighted by Crippen LogP contribution is -2.32. The summed E-state index contributed by atoms with van der Waals surface area (Å²) in [7, 11) is 0. The molecule has 0 bridgehead atoms. The number of anilines is 1. The Morgan fingerprint density at radius 2 is 2.08 bits per heavy atom. The lowest BCUT2D eigenvalue weighted by Gasteiger charge is -2.13. The molecule has 1 aliphatic heterocycles. The molecule has 134 valence electrons. The SMILES string of the molecule is O=C(CNC(=O)c1ccoc1)Nc1cccc(CN2C(=O)CNC2=O)c1. The largest absolute Gasteiger partial charge is 0.472 e. The van der Waals surface area contributed by atoms with E-state index in [1.54, 1.807) is 24.3 Å². The predicted octanol–water partition coefficient (Wildman–Crippen LogP) is 0.700. The zero-order valence-corrected chi connectivity index (χ0v) is 13.7. The van der Waals surface area contributed by atoms with E-state index in [9.17, 15) is 19.2 Å². The van der Waals surface area contributed by atoms with E-state index >= 15 is 0 Å². The first-order chi connectivity index (χ1) is 12.5. The lowest BCUT2D eigenvalue weighted by molar-refractivity contribution is -0.125. The fourth-order valence-corrected chi connectivity index (χ4v) is 2.41. The fourth-order valence-electron chi connectivity index (χ4n) is 2.41. The molecule has 0 spiro atoms. The first kappa shape index (κ1) is 17.2. The van der Waals surface area contributed by atoms with Crippen LogP contribution >= 0.6 is 0 Å². The minimum atomic E-state index is -0.439. The molecule has 0 unspecified atom stereocenters. The maximum Gasteiger partial charge on any atom is 0.324 e. The van der Waals surface area contributed by atoms with Crippen LogP contribution in [0.15, 0.2) is 47.3 Å². The third-order valence-corrected chi connectivity index (χ3v) is 3.68. The highest BCUT2D eigenvalue weighted by atomic mass is 16.3. The minimum absolute atomic E-state index is 0.00831. The number of amides is 5. The van der Waals surface area contributed by atoms with Gasteiger partial charge in [-0.15, -0.1) is 0 Å². The summed E-state index contributed by atoms with van der Waals surface area (Å²) in [6.45, 7) is -0.0987. The molecule has 3 rings (SSSR count). The molecular formula is C17H16N4O5. The summed E-state index contributed by atoms with van der Waals surface area (Å²) in [4.78, 5) is 48.0. The van der Waals surface area contributed by atoms with Crippen LogP contribution in [0, 0.1) is 0 Å². The van der Waals surface area contributed by atoms with Gasteiger partial charge < -0.3 is 20.4 Å². The van der Waals surface area contributed by atoms with E-state index in [1.807, 2.05) is 0 Å². The second-order valence-electron chi connectivity index (χ2n) is 5.58. The van der Waals surface area contributed by atoms with Gasteiger partial charge in [-0.3, -0.25) is 19.3 Å². The van der Waals surface area contributed by atoms with Gasteiger partial charge in [0, 0.05) is 5.69 Å². The monoisotopic (exact) mass is 356 g/mol. The second kappa shape index (κ2) is 7.51. The Kier molecular flexibility index (Phi) is 4.97. The van der Waals surface area contributed by atoms with Crippen molar-refractivity contribution in [2.24, 2.45) is 0 Å². The molecule has 1 aliphatic rings. The number of benzene rings is 1. The van der Waals surface area contributed by atoms with Crippen LogP contribution in [-0.4, -0.2) is 41.7 Å². The minimum Gasteiger partial charge on any atom is -0.472 e. The number of rotatable bonds is 6. The van der Waals surface area contributed by atoms with Gasteiger partial charge in [0.2, 0.25) is 11.8 Å². The zero-order chi connectivity index (χ0) is 18.5. The number of urea groups is 1. The van der Waals surface area contributed by atoms with E-state index in [-0.39, 0.29) is 25.5 Å². The van der Waals surface area contributed by atoms with Crippen LogP contribution in [0.4, 0.5) is 10.5 Å². The zero-order valence-electron chi connectivity index (χ0n) is 13.7. The first-order valence-electron chi connectivity index (χ1n) is 7.80. The van der Waals surface area contributed by atoms with E-state index in [0.29, 0.717) is 16.8 Å². The Bertz CT molecular complexity index is 831. The molecule has 1 saturated heterocycles. The Morgan fingerprint density at radius 1 is 1.23 bits per heavy atom. The molecule has 5 amide bonds. The van der Waals surface area contributed by atoms with Gasteiger partial charge in [-0.2, -0.15) is 0 Å². The van der Waals surface area contributed by atoms with Crippen LogP contribution in [0.25, 0.3) is 0 Å². The summed E-state index contributed by atoms with van der Waals surface area (Å²) in [6.07, 6.45) is 2.65. The van der Waals surface area contributed by atoms with E-state index in [2.05, 4.69) is 16.0 Å². The van der Waals surface area contributed by atoms with Gasteiger partial charge in [0.25, 0.3) is 5.91 Å². The van der Waals surface area contributed by atoms with Crippen molar-refractivity contribution >= 4 is 29.4 Å². The van der Waals surface area contributed by atoms with E-state index in [4.69, 9.17) is 4.42 Å². The van der Waals surface area contributed by atoms with Gasteiger partial charge in [-0.25, -0.2) is 4.79 Å². The van der Waals surface area contributed by atoms with Crippen LogP contribution in [0.2, 0.25) is 0 Å². The smallest absolute Gasteiger partial charge is 0.324 e. The Balaban J connectivity index is 1.54. The molecule has 1 aromatic heterocycles. The average molecular weight is 356 g/mol. The standard InChI is InChI=1S/C17H16N4O5/c22-14(7-18-16(24)12-4-5-26-10-12)20-13-3-1-2-11(6-13)9-21-15(23)8-19-17(21)25/h1-6,10H,7-9H2,(H,18,24)(H,19,25)(H,20,22). The molecule has 2 aromatic rings. The number of hydrogen-bond acceptors (Lipinski definition) is 5. The number of imide groups is 1. The van der Waals surface area contributed by atoms with Crippen molar-refractivity contribution in [3.8, 4) is 0 Å². The van der Waals surface area contributed by atoms with E-state index in [1.165, 1.54) is 18.6 Å². The van der Waals surface area contributed by atoms with Gasteiger partial charge in [-0.1, -0.05) is 12.1 Å². The molecule has 1 aromatic carbocycles. The third-order valence-electron chi connectivity index (χ3n) is 3.68. The van der Waals surface area contributed by atoms with Crippen molar-refractivity contribution in [1.82, 2.24) is 15.5 Å². The number of nitrogens with zero attached hydrogens (tertiary/aromatic N) is 1. The van der Waals surface area contributed by atoms with Gasteiger partial charge in [0.15, 0.2) is 0 Å². The summed E-state index contributed by atoms with van der Waals surface area (Å²) in [5, 5.41) is 7.57. The molecular weight excluding hydrogens is 340 g/mol. The maximum atomic E-state index is 12.0. The third kappa shape index (κ3) is 4.07. The van der Waals surface area contributed by atoms with Crippen LogP contribution in [-0.2, 0) is 16.1 Å². The van der Waals surface area contributed by atoms with Crippen LogP contribution in [0.5, 0.6) is 0 Å². The summed E-state index contributed by atoms with van der Waals surface area (Å²) < 4.78 is 4.80. The molecule has 0 saturated carbocycles. The average Bonchev–Trinajstić information content (AvgIpc) is 3.26. The van der Waals surface area contributed by atoms with E-state index < -0.39 is 17.8 Å². The topological polar surface area (TPSA) is 121 Å². The predicted molar refractivity (Wildman–Crippen MR) is 90.1 cm³/mol. The lowest BCUT2D eigenvalue weighted by atomic mass is 10.2. The van der Waals surface area contributed by atoms with Crippen molar-refractivity contribution in [3.63, 3.8) is 0 Å².